The molecule has 1 aliphatic carbocycles. The summed E-state index contributed by atoms with van der Waals surface area (Å²) >= 11 is 1.69. The fraction of sp³-hybridized carbons (Fsp3) is 0.500. The van der Waals surface area contributed by atoms with Crippen LogP contribution in [0.2, 0.25) is 0 Å². The zero-order chi connectivity index (χ0) is 13.9. The number of hydrogen-bond acceptors (Lipinski definition) is 3. The molecule has 1 amide bonds. The number of nitrogens with one attached hydrogen (secondary N) is 1. The number of carbonyl (C=O) groups excluding carboxylic acids is 1. The summed E-state index contributed by atoms with van der Waals surface area (Å²) in [5.74, 6) is -0.505. The van der Waals surface area contributed by atoms with E-state index < -0.39 is 5.54 Å². The van der Waals surface area contributed by atoms with Crippen LogP contribution in [0, 0.1) is 5.82 Å². The van der Waals surface area contributed by atoms with Crippen LogP contribution in [0.25, 0.3) is 0 Å². The smallest absolute Gasteiger partial charge is 0.237 e. The number of amides is 1. The molecule has 1 aromatic rings. The molecule has 0 saturated heterocycles. The Morgan fingerprint density at radius 2 is 2.16 bits per heavy atom. The Labute approximate surface area is 117 Å². The van der Waals surface area contributed by atoms with E-state index in [1.54, 1.807) is 30.9 Å². The maximum Gasteiger partial charge on any atom is 0.237 e. The molecule has 0 heterocycles. The van der Waals surface area contributed by atoms with Crippen molar-refractivity contribution in [1.29, 1.82) is 0 Å². The first kappa shape index (κ1) is 14.3. The Kier molecular flexibility index (Phi) is 4.47. The van der Waals surface area contributed by atoms with Gasteiger partial charge in [0.2, 0.25) is 5.91 Å². The highest BCUT2D eigenvalue weighted by atomic mass is 32.2. The summed E-state index contributed by atoms with van der Waals surface area (Å²) in [5, 5.41) is 3.43. The van der Waals surface area contributed by atoms with Gasteiger partial charge in [-0.25, -0.2) is 4.39 Å². The fourth-order valence-corrected chi connectivity index (χ4v) is 3.94. The Morgan fingerprint density at radius 1 is 1.47 bits per heavy atom. The first-order chi connectivity index (χ1) is 9.05. The van der Waals surface area contributed by atoms with Crippen molar-refractivity contribution < 1.29 is 9.18 Å². The van der Waals surface area contributed by atoms with Crippen LogP contribution in [-0.4, -0.2) is 23.7 Å². The molecule has 0 aromatic heterocycles. The molecule has 3 nitrogen and oxygen atoms in total. The van der Waals surface area contributed by atoms with Gasteiger partial charge in [-0.05, 0) is 57.0 Å². The lowest BCUT2D eigenvalue weighted by atomic mass is 9.81. The minimum atomic E-state index is -0.587. The number of nitrogens with two attached hydrogens (primary N) is 1. The first-order valence-electron chi connectivity index (χ1n) is 6.47. The predicted octanol–water partition coefficient (Wildman–Crippen LogP) is 2.30. The zero-order valence-corrected chi connectivity index (χ0v) is 11.8. The highest BCUT2D eigenvalue weighted by molar-refractivity contribution is 8.00. The van der Waals surface area contributed by atoms with Crippen LogP contribution >= 0.6 is 11.8 Å². The van der Waals surface area contributed by atoms with Gasteiger partial charge in [0.05, 0.1) is 5.54 Å². The molecule has 104 valence electrons. The van der Waals surface area contributed by atoms with Crippen molar-refractivity contribution in [3.8, 4) is 0 Å². The lowest BCUT2D eigenvalue weighted by Crippen LogP contribution is -2.57. The van der Waals surface area contributed by atoms with E-state index in [0.717, 1.165) is 30.6 Å². The van der Waals surface area contributed by atoms with Gasteiger partial charge in [0.15, 0.2) is 0 Å². The number of thioether (sulfide) groups is 1. The second-order valence-electron chi connectivity index (χ2n) is 4.99. The van der Waals surface area contributed by atoms with E-state index >= 15 is 0 Å². The molecule has 2 atom stereocenters. The molecule has 0 bridgehead atoms. The molecule has 1 aliphatic rings. The molecule has 0 radical (unpaired) electrons. The summed E-state index contributed by atoms with van der Waals surface area (Å²) in [4.78, 5) is 12.7. The third-order valence-corrected chi connectivity index (χ3v) is 5.05. The van der Waals surface area contributed by atoms with Crippen LogP contribution in [0.3, 0.4) is 0 Å². The minimum Gasteiger partial charge on any atom is -0.368 e. The van der Waals surface area contributed by atoms with E-state index in [1.807, 2.05) is 0 Å². The van der Waals surface area contributed by atoms with Gasteiger partial charge in [-0.15, -0.1) is 11.8 Å². The van der Waals surface area contributed by atoms with Crippen LogP contribution in [-0.2, 0) is 4.79 Å². The molecule has 19 heavy (non-hydrogen) atoms. The summed E-state index contributed by atoms with van der Waals surface area (Å²) in [6.45, 7) is 0. The Morgan fingerprint density at radius 3 is 2.74 bits per heavy atom. The normalized spacial score (nSPS) is 27.2. The fourth-order valence-electron chi connectivity index (χ4n) is 2.60. The zero-order valence-electron chi connectivity index (χ0n) is 11.0. The average molecular weight is 282 g/mol. The van der Waals surface area contributed by atoms with Crippen molar-refractivity contribution in [3.05, 3.63) is 30.1 Å². The summed E-state index contributed by atoms with van der Waals surface area (Å²) < 4.78 is 12.9. The molecule has 3 N–H and O–H groups in total. The van der Waals surface area contributed by atoms with Crippen LogP contribution in [0.1, 0.15) is 25.7 Å². The summed E-state index contributed by atoms with van der Waals surface area (Å²) in [6.07, 6.45) is 3.54. The maximum absolute atomic E-state index is 12.9. The largest absolute Gasteiger partial charge is 0.368 e. The van der Waals surface area contributed by atoms with E-state index in [2.05, 4.69) is 5.32 Å². The average Bonchev–Trinajstić information content (AvgIpc) is 2.41. The van der Waals surface area contributed by atoms with Crippen LogP contribution < -0.4 is 11.1 Å². The van der Waals surface area contributed by atoms with Gasteiger partial charge in [-0.1, -0.05) is 0 Å². The Balaban J connectivity index is 2.05. The minimum absolute atomic E-state index is 0.227. The van der Waals surface area contributed by atoms with Crippen molar-refractivity contribution in [2.24, 2.45) is 5.73 Å². The second kappa shape index (κ2) is 5.92. The third-order valence-electron chi connectivity index (χ3n) is 3.77. The number of halogens is 1. The molecule has 5 heteroatoms. The van der Waals surface area contributed by atoms with E-state index in [0.29, 0.717) is 5.25 Å². The van der Waals surface area contributed by atoms with Gasteiger partial charge >= 0.3 is 0 Å². The molecule has 1 fully saturated rings. The molecular formula is C14H19FN2OS. The Hall–Kier alpha value is -1.07. The number of primary amides is 1. The highest BCUT2D eigenvalue weighted by Gasteiger charge is 2.40. The molecule has 2 unspecified atom stereocenters. The van der Waals surface area contributed by atoms with Crippen molar-refractivity contribution in [2.75, 3.05) is 7.05 Å². The van der Waals surface area contributed by atoms with Gasteiger partial charge in [-0.2, -0.15) is 0 Å². The predicted molar refractivity (Wildman–Crippen MR) is 75.5 cm³/mol. The lowest BCUT2D eigenvalue weighted by molar-refractivity contribution is -0.125. The van der Waals surface area contributed by atoms with Crippen LogP contribution in [0.4, 0.5) is 4.39 Å². The van der Waals surface area contributed by atoms with Crippen molar-refractivity contribution >= 4 is 17.7 Å². The highest BCUT2D eigenvalue weighted by Crippen LogP contribution is 2.38. The van der Waals surface area contributed by atoms with Gasteiger partial charge < -0.3 is 11.1 Å². The standard InChI is InChI=1S/C14H19FN2OS/c1-17-14(13(16)18)8-2-3-12(9-14)19-11-6-4-10(15)5-7-11/h4-7,12,17H,2-3,8-9H2,1H3,(H2,16,18). The van der Waals surface area contributed by atoms with E-state index in [1.165, 1.54) is 12.1 Å². The number of hydrogen-bond donors (Lipinski definition) is 2. The maximum atomic E-state index is 12.9. The van der Waals surface area contributed by atoms with Gasteiger partial charge in [-0.3, -0.25) is 4.79 Å². The number of carbonyl (C=O) groups is 1. The number of benzene rings is 1. The SMILES string of the molecule is CNC1(C(N)=O)CCCC(Sc2ccc(F)cc2)C1. The topological polar surface area (TPSA) is 55.1 Å². The molecule has 0 aliphatic heterocycles. The molecule has 0 spiro atoms. The second-order valence-corrected chi connectivity index (χ2v) is 6.36. The van der Waals surface area contributed by atoms with Crippen molar-refractivity contribution in [2.45, 2.75) is 41.4 Å². The van der Waals surface area contributed by atoms with Gasteiger partial charge in [0.25, 0.3) is 0 Å². The third kappa shape index (κ3) is 3.28. The van der Waals surface area contributed by atoms with Gasteiger partial charge in [0.1, 0.15) is 5.82 Å². The molecule has 1 aromatic carbocycles. The summed E-state index contributed by atoms with van der Waals surface area (Å²) in [6, 6.07) is 6.48. The van der Waals surface area contributed by atoms with E-state index in [4.69, 9.17) is 5.73 Å². The van der Waals surface area contributed by atoms with Crippen molar-refractivity contribution in [1.82, 2.24) is 5.32 Å². The monoisotopic (exact) mass is 282 g/mol. The first-order valence-corrected chi connectivity index (χ1v) is 7.35. The van der Waals surface area contributed by atoms with Crippen molar-refractivity contribution in [3.63, 3.8) is 0 Å². The van der Waals surface area contributed by atoms with Crippen LogP contribution in [0.15, 0.2) is 29.2 Å². The quantitative estimate of drug-likeness (QED) is 0.891. The molecular weight excluding hydrogens is 263 g/mol. The van der Waals surface area contributed by atoms with Crippen LogP contribution in [0.5, 0.6) is 0 Å². The summed E-state index contributed by atoms with van der Waals surface area (Å²) in [7, 11) is 1.79. The van der Waals surface area contributed by atoms with E-state index in [9.17, 15) is 9.18 Å². The molecule has 1 saturated carbocycles. The number of likely N-dealkylation sites (N-methyl/N-ethyl adjacent to an activating group) is 1. The van der Waals surface area contributed by atoms with E-state index in [-0.39, 0.29) is 11.7 Å². The lowest BCUT2D eigenvalue weighted by Gasteiger charge is -2.38. The van der Waals surface area contributed by atoms with Gasteiger partial charge in [0, 0.05) is 10.1 Å². The summed E-state index contributed by atoms with van der Waals surface area (Å²) in [5.41, 5.74) is 4.94. The molecule has 2 rings (SSSR count). The number of rotatable bonds is 4. The Bertz CT molecular complexity index is 451.